The average Bonchev–Trinajstić information content (AvgIpc) is 3.29. The molecule has 1 saturated carbocycles. The first kappa shape index (κ1) is 20.5. The summed E-state index contributed by atoms with van der Waals surface area (Å²) >= 11 is 0. The van der Waals surface area contributed by atoms with Crippen LogP contribution in [0.2, 0.25) is 0 Å². The van der Waals surface area contributed by atoms with E-state index in [1.165, 1.54) is 53.6 Å². The second kappa shape index (κ2) is 7.93. The third kappa shape index (κ3) is 3.73. The molecule has 2 aromatic carbocycles. The third-order valence-corrected chi connectivity index (χ3v) is 7.96. The van der Waals surface area contributed by atoms with Crippen molar-refractivity contribution in [2.24, 2.45) is 5.92 Å². The fourth-order valence-corrected chi connectivity index (χ4v) is 6.08. The molecule has 0 amide bonds. The molecule has 1 unspecified atom stereocenters. The number of piperidine rings is 1. The van der Waals surface area contributed by atoms with E-state index < -0.39 is 0 Å². The lowest BCUT2D eigenvalue weighted by Gasteiger charge is -2.37. The van der Waals surface area contributed by atoms with Crippen molar-refractivity contribution >= 4 is 5.57 Å². The van der Waals surface area contributed by atoms with Crippen molar-refractivity contribution in [3.8, 4) is 17.2 Å². The fourth-order valence-electron chi connectivity index (χ4n) is 6.08. The van der Waals surface area contributed by atoms with Crippen molar-refractivity contribution in [2.45, 2.75) is 51.6 Å². The third-order valence-electron chi connectivity index (χ3n) is 7.96. The van der Waals surface area contributed by atoms with Crippen molar-refractivity contribution in [1.29, 1.82) is 5.26 Å². The fraction of sp³-hybridized carbons (Fsp3) is 0.464. The second-order valence-electron chi connectivity index (χ2n) is 10.2. The Morgan fingerprint density at radius 1 is 1.23 bits per heavy atom. The van der Waals surface area contributed by atoms with Crippen LogP contribution in [-0.2, 0) is 6.54 Å². The predicted molar refractivity (Wildman–Crippen MR) is 128 cm³/mol. The summed E-state index contributed by atoms with van der Waals surface area (Å²) < 4.78 is 0. The first-order valence-electron chi connectivity index (χ1n) is 11.7. The lowest BCUT2D eigenvalue weighted by atomic mass is 9.86. The Balaban J connectivity index is 1.59. The minimum absolute atomic E-state index is 0.379. The van der Waals surface area contributed by atoms with Crippen LogP contribution in [-0.4, -0.2) is 42.0 Å². The van der Waals surface area contributed by atoms with E-state index in [9.17, 15) is 5.26 Å². The zero-order chi connectivity index (χ0) is 21.6. The van der Waals surface area contributed by atoms with Crippen molar-refractivity contribution in [2.75, 3.05) is 26.7 Å². The van der Waals surface area contributed by atoms with E-state index in [0.29, 0.717) is 5.54 Å². The minimum atomic E-state index is 0.379. The number of likely N-dealkylation sites (tertiary alicyclic amines) is 1. The molecule has 2 bridgehead atoms. The van der Waals surface area contributed by atoms with Gasteiger partial charge in [0.25, 0.3) is 0 Å². The van der Waals surface area contributed by atoms with Gasteiger partial charge in [0.1, 0.15) is 0 Å². The molecule has 0 radical (unpaired) electrons. The zero-order valence-electron chi connectivity index (χ0n) is 19.1. The summed E-state index contributed by atoms with van der Waals surface area (Å²) in [6.07, 6.45) is 7.64. The Morgan fingerprint density at radius 3 is 2.74 bits per heavy atom. The Bertz CT molecular complexity index is 1080. The maximum atomic E-state index is 9.37. The molecule has 1 saturated heterocycles. The molecule has 2 fully saturated rings. The number of nitrogens with zero attached hydrogens (tertiary/aromatic N) is 3. The number of benzene rings is 2. The second-order valence-corrected chi connectivity index (χ2v) is 10.2. The highest BCUT2D eigenvalue weighted by molar-refractivity contribution is 5.84. The molecule has 160 valence electrons. The molecular formula is C28H33N3. The maximum absolute atomic E-state index is 9.37. The number of nitriles is 1. The molecular weight excluding hydrogens is 378 g/mol. The molecule has 0 aromatic heterocycles. The number of rotatable bonds is 4. The molecule has 2 atom stereocenters. The zero-order valence-corrected chi connectivity index (χ0v) is 19.1. The SMILES string of the molecule is Cc1cc(-c2cccc(CN3CC4CC[C@@]3(C)C4)c2C2=CCN(C)CC2)ccc1C#N. The van der Waals surface area contributed by atoms with Gasteiger partial charge in [-0.2, -0.15) is 5.26 Å². The number of hydrogen-bond donors (Lipinski definition) is 0. The molecule has 0 spiro atoms. The summed E-state index contributed by atoms with van der Waals surface area (Å²) in [7, 11) is 2.20. The molecule has 3 heteroatoms. The van der Waals surface area contributed by atoms with E-state index in [0.717, 1.165) is 43.1 Å². The van der Waals surface area contributed by atoms with Gasteiger partial charge in [-0.15, -0.1) is 0 Å². The first-order chi connectivity index (χ1) is 15.0. The molecule has 2 aromatic rings. The van der Waals surface area contributed by atoms with Gasteiger partial charge in [-0.05, 0) is 92.0 Å². The van der Waals surface area contributed by atoms with Crippen molar-refractivity contribution < 1.29 is 0 Å². The largest absolute Gasteiger partial charge is 0.302 e. The summed E-state index contributed by atoms with van der Waals surface area (Å²) in [6, 6.07) is 15.5. The molecule has 2 aliphatic heterocycles. The quantitative estimate of drug-likeness (QED) is 0.653. The van der Waals surface area contributed by atoms with Crippen LogP contribution in [0.1, 0.15) is 54.9 Å². The standard InChI is InChI=1S/C28H33N3/c1-20-15-23(7-8-24(20)17-29)26-6-4-5-25(27(26)22-10-13-30(3)14-11-22)19-31-18-21-9-12-28(31,2)16-21/h4-8,10,15,21H,9,11-14,16,18-19H2,1-3H3/t21?,28-/m0/s1. The monoisotopic (exact) mass is 411 g/mol. The molecule has 5 rings (SSSR count). The predicted octanol–water partition coefficient (Wildman–Crippen LogP) is 5.63. The summed E-state index contributed by atoms with van der Waals surface area (Å²) in [6.45, 7) is 8.93. The van der Waals surface area contributed by atoms with Gasteiger partial charge in [-0.3, -0.25) is 4.90 Å². The van der Waals surface area contributed by atoms with Gasteiger partial charge in [-0.25, -0.2) is 0 Å². The smallest absolute Gasteiger partial charge is 0.0994 e. The lowest BCUT2D eigenvalue weighted by molar-refractivity contribution is 0.123. The van der Waals surface area contributed by atoms with Gasteiger partial charge in [0.15, 0.2) is 0 Å². The van der Waals surface area contributed by atoms with Gasteiger partial charge >= 0.3 is 0 Å². The molecule has 3 aliphatic rings. The van der Waals surface area contributed by atoms with Gasteiger partial charge in [0.2, 0.25) is 0 Å². The summed E-state index contributed by atoms with van der Waals surface area (Å²) in [5.74, 6) is 0.889. The Hall–Kier alpha value is -2.41. The van der Waals surface area contributed by atoms with E-state index in [1.54, 1.807) is 0 Å². The molecule has 1 aliphatic carbocycles. The maximum Gasteiger partial charge on any atom is 0.0994 e. The molecule has 3 nitrogen and oxygen atoms in total. The molecule has 0 N–H and O–H groups in total. The number of aryl methyl sites for hydroxylation is 1. The van der Waals surface area contributed by atoms with Crippen LogP contribution < -0.4 is 0 Å². The number of hydrogen-bond acceptors (Lipinski definition) is 3. The van der Waals surface area contributed by atoms with Crippen LogP contribution in [0.3, 0.4) is 0 Å². The van der Waals surface area contributed by atoms with E-state index in [-0.39, 0.29) is 0 Å². The highest BCUT2D eigenvalue weighted by Gasteiger charge is 2.47. The van der Waals surface area contributed by atoms with Crippen LogP contribution in [0, 0.1) is 24.2 Å². The van der Waals surface area contributed by atoms with Crippen LogP contribution in [0.4, 0.5) is 0 Å². The Labute approximate surface area is 187 Å². The van der Waals surface area contributed by atoms with Crippen molar-refractivity contribution in [3.63, 3.8) is 0 Å². The summed E-state index contributed by atoms with van der Waals surface area (Å²) in [5.41, 5.74) is 9.12. The number of fused-ring (bicyclic) bond motifs is 2. The van der Waals surface area contributed by atoms with Crippen LogP contribution >= 0.6 is 0 Å². The lowest BCUT2D eigenvalue weighted by Crippen LogP contribution is -2.41. The Morgan fingerprint density at radius 2 is 2.10 bits per heavy atom. The number of likely N-dealkylation sites (N-methyl/N-ethyl adjacent to an activating group) is 1. The van der Waals surface area contributed by atoms with E-state index in [4.69, 9.17) is 0 Å². The summed E-state index contributed by atoms with van der Waals surface area (Å²) in [5, 5.41) is 9.37. The first-order valence-corrected chi connectivity index (χ1v) is 11.7. The van der Waals surface area contributed by atoms with Gasteiger partial charge in [-0.1, -0.05) is 36.4 Å². The van der Waals surface area contributed by atoms with Crippen molar-refractivity contribution in [1.82, 2.24) is 9.80 Å². The van der Waals surface area contributed by atoms with Gasteiger partial charge in [0.05, 0.1) is 11.6 Å². The summed E-state index contributed by atoms with van der Waals surface area (Å²) in [4.78, 5) is 5.14. The van der Waals surface area contributed by atoms with E-state index in [1.807, 2.05) is 13.0 Å². The van der Waals surface area contributed by atoms with Crippen LogP contribution in [0.25, 0.3) is 16.7 Å². The highest BCUT2D eigenvalue weighted by atomic mass is 15.2. The van der Waals surface area contributed by atoms with Gasteiger partial charge in [0, 0.05) is 31.7 Å². The normalized spacial score (nSPS) is 26.1. The Kier molecular flexibility index (Phi) is 5.24. The van der Waals surface area contributed by atoms with Crippen LogP contribution in [0.15, 0.2) is 42.5 Å². The van der Waals surface area contributed by atoms with Gasteiger partial charge < -0.3 is 4.90 Å². The van der Waals surface area contributed by atoms with Crippen molar-refractivity contribution in [3.05, 3.63) is 64.7 Å². The molecule has 2 heterocycles. The molecule has 31 heavy (non-hydrogen) atoms. The van der Waals surface area contributed by atoms with E-state index >= 15 is 0 Å². The highest BCUT2D eigenvalue weighted by Crippen LogP contribution is 2.47. The van der Waals surface area contributed by atoms with E-state index in [2.05, 4.69) is 66.2 Å². The minimum Gasteiger partial charge on any atom is -0.302 e. The topological polar surface area (TPSA) is 30.3 Å². The van der Waals surface area contributed by atoms with Crippen LogP contribution in [0.5, 0.6) is 0 Å². The average molecular weight is 412 g/mol.